The average molecular weight is 849 g/mol. The van der Waals surface area contributed by atoms with E-state index in [0.29, 0.717) is 6.92 Å². The molecule has 59 heavy (non-hydrogen) atoms. The van der Waals surface area contributed by atoms with Gasteiger partial charge in [-0.1, -0.05) is 30.3 Å². The Kier molecular flexibility index (Phi) is 16.4. The van der Waals surface area contributed by atoms with E-state index in [0.717, 1.165) is 34.0 Å². The molecule has 4 atom stereocenters. The molecule has 324 valence electrons. The number of nitrogens with zero attached hydrogens (tertiary/aromatic N) is 1. The molecule has 1 heterocycles. The zero-order valence-electron chi connectivity index (χ0n) is 31.8. The number of fused-ring (bicyclic) bond motifs is 1. The van der Waals surface area contributed by atoms with Crippen molar-refractivity contribution < 1.29 is 79.2 Å². The van der Waals surface area contributed by atoms with Crippen LogP contribution in [0.5, 0.6) is 5.75 Å². The first-order valence-electron chi connectivity index (χ1n) is 17.7. The number of amides is 6. The topological polar surface area (TPSA) is 231 Å². The van der Waals surface area contributed by atoms with E-state index < -0.39 is 103 Å². The fourth-order valence-corrected chi connectivity index (χ4v) is 5.15. The average Bonchev–Trinajstić information content (AvgIpc) is 3.25. The third-order valence-corrected chi connectivity index (χ3v) is 8.39. The molecule has 0 radical (unpaired) electrons. The molecule has 1 aliphatic rings. The minimum Gasteiger partial charge on any atom is -0.486 e. The summed E-state index contributed by atoms with van der Waals surface area (Å²) in [6, 6.07) is 8.88. The molecule has 17 nitrogen and oxygen atoms in total. The summed E-state index contributed by atoms with van der Waals surface area (Å²) < 4.78 is 94.6. The minimum absolute atomic E-state index is 0.0435. The summed E-state index contributed by atoms with van der Waals surface area (Å²) in [5.41, 5.74) is -2.77. The zero-order chi connectivity index (χ0) is 44.1. The van der Waals surface area contributed by atoms with Crippen LogP contribution in [0.25, 0.3) is 0 Å². The molecular formula is C36H42F6N6O11. The van der Waals surface area contributed by atoms with Gasteiger partial charge in [0.15, 0.2) is 0 Å². The van der Waals surface area contributed by atoms with Crippen molar-refractivity contribution in [3.8, 4) is 5.75 Å². The van der Waals surface area contributed by atoms with E-state index in [1.807, 2.05) is 5.32 Å². The van der Waals surface area contributed by atoms with E-state index in [4.69, 9.17) is 14.2 Å². The maximum absolute atomic E-state index is 14.3. The quantitative estimate of drug-likeness (QED) is 0.0543. The smallest absolute Gasteiger partial charge is 0.455 e. The molecular weight excluding hydrogens is 806 g/mol. The van der Waals surface area contributed by atoms with Crippen molar-refractivity contribution in [3.63, 3.8) is 0 Å². The van der Waals surface area contributed by atoms with Crippen LogP contribution in [0.2, 0.25) is 0 Å². The van der Waals surface area contributed by atoms with Crippen molar-refractivity contribution in [1.29, 1.82) is 0 Å². The van der Waals surface area contributed by atoms with Crippen LogP contribution in [0.4, 0.5) is 36.8 Å². The van der Waals surface area contributed by atoms with Crippen molar-refractivity contribution in [2.24, 2.45) is 0 Å². The van der Waals surface area contributed by atoms with Crippen molar-refractivity contribution in [3.05, 3.63) is 59.9 Å². The van der Waals surface area contributed by atoms with Gasteiger partial charge >= 0.3 is 24.2 Å². The molecule has 0 aromatic heterocycles. The number of carbonyl (C=O) groups is 7. The maximum Gasteiger partial charge on any atom is 0.455 e. The number of hydrogen-bond donors (Lipinski definition) is 6. The highest BCUT2D eigenvalue weighted by Gasteiger charge is 2.58. The highest BCUT2D eigenvalue weighted by molar-refractivity contribution is 6.10. The summed E-state index contributed by atoms with van der Waals surface area (Å²) in [4.78, 5) is 88.8. The fourth-order valence-electron chi connectivity index (χ4n) is 5.15. The molecule has 0 bridgehead atoms. The van der Waals surface area contributed by atoms with Crippen LogP contribution >= 0.6 is 0 Å². The van der Waals surface area contributed by atoms with Crippen molar-refractivity contribution >= 4 is 47.3 Å². The van der Waals surface area contributed by atoms with Crippen LogP contribution < -0.4 is 36.2 Å². The van der Waals surface area contributed by atoms with E-state index in [2.05, 4.69) is 16.0 Å². The van der Waals surface area contributed by atoms with Gasteiger partial charge in [-0.25, -0.2) is 14.0 Å². The van der Waals surface area contributed by atoms with Crippen LogP contribution in [0, 0.1) is 5.82 Å². The number of ether oxygens (including phenoxy) is 3. The van der Waals surface area contributed by atoms with Gasteiger partial charge < -0.3 is 50.8 Å². The Morgan fingerprint density at radius 1 is 0.932 bits per heavy atom. The molecule has 6 N–H and O–H groups in total. The lowest BCUT2D eigenvalue weighted by Crippen LogP contribution is -2.63. The van der Waals surface area contributed by atoms with E-state index in [-0.39, 0.29) is 44.0 Å². The molecule has 0 saturated carbocycles. The normalized spacial score (nSPS) is 16.8. The molecule has 3 rings (SSSR count). The molecule has 0 aliphatic carbocycles. The summed E-state index contributed by atoms with van der Waals surface area (Å²) in [6.45, 7) is -0.748. The summed E-state index contributed by atoms with van der Waals surface area (Å²) in [7, 11) is 0. The maximum atomic E-state index is 14.3. The summed E-state index contributed by atoms with van der Waals surface area (Å²) in [5.74, 6) is -12.9. The van der Waals surface area contributed by atoms with E-state index >= 15 is 0 Å². The van der Waals surface area contributed by atoms with Gasteiger partial charge in [-0.2, -0.15) is 22.0 Å². The number of hydrogen-bond acceptors (Lipinski definition) is 11. The van der Waals surface area contributed by atoms with Gasteiger partial charge in [0, 0.05) is 32.5 Å². The van der Waals surface area contributed by atoms with Crippen LogP contribution in [0.1, 0.15) is 39.2 Å². The Morgan fingerprint density at radius 3 is 2.24 bits per heavy atom. The Morgan fingerprint density at radius 2 is 1.59 bits per heavy atom. The van der Waals surface area contributed by atoms with Gasteiger partial charge in [0.05, 0.1) is 18.8 Å². The predicted molar refractivity (Wildman–Crippen MR) is 191 cm³/mol. The molecule has 0 fully saturated rings. The van der Waals surface area contributed by atoms with Crippen LogP contribution in [-0.4, -0.2) is 115 Å². The number of carbonyl (C=O) groups excluding carboxylic acids is 7. The number of anilines is 1. The number of alkyl halides is 5. The van der Waals surface area contributed by atoms with Crippen molar-refractivity contribution in [2.75, 3.05) is 37.7 Å². The van der Waals surface area contributed by atoms with Crippen LogP contribution in [0.15, 0.2) is 48.5 Å². The van der Waals surface area contributed by atoms with Gasteiger partial charge in [-0.3, -0.25) is 24.0 Å². The third-order valence-electron chi connectivity index (χ3n) is 8.39. The predicted octanol–water partition coefficient (Wildman–Crippen LogP) is 1.36. The summed E-state index contributed by atoms with van der Waals surface area (Å²) >= 11 is 0. The molecule has 1 aliphatic heterocycles. The Labute approximate surface area is 332 Å². The Bertz CT molecular complexity index is 1850. The van der Waals surface area contributed by atoms with Gasteiger partial charge in [0.1, 0.15) is 43.0 Å². The van der Waals surface area contributed by atoms with Gasteiger partial charge in [-0.05, 0) is 38.0 Å². The molecule has 2 aromatic carbocycles. The second-order valence-electron chi connectivity index (χ2n) is 13.1. The standard InChI is InChI=1S/C36H42F6N6O11/c1-20-28(47-32(54)34(3,56)31(53)45-19-35(38,39)36(40,41)42)29(51)48(25-17-23(37)9-11-26(25)59-20)15-16-57-33(55)44-14-13-43-27(50)12-10-24(46-21(2)49)30(52)58-18-22-7-5-4-6-8-22/h4-9,11,17,20,24,28,56H,10,12-16,18-19H2,1-3H3,(H,43,50)(H,44,55)(H,45,53)(H,46,49)(H,47,54)/t20-,24+,28+,34+/m1/s1. The number of benzene rings is 2. The minimum atomic E-state index is -6.06. The summed E-state index contributed by atoms with van der Waals surface area (Å²) in [5, 5.41) is 20.9. The Balaban J connectivity index is 1.53. The lowest BCUT2D eigenvalue weighted by atomic mass is 10.0. The molecule has 0 unspecified atom stereocenters. The van der Waals surface area contributed by atoms with Crippen LogP contribution in [0.3, 0.4) is 0 Å². The lowest BCUT2D eigenvalue weighted by molar-refractivity contribution is -0.278. The van der Waals surface area contributed by atoms with Gasteiger partial charge in [0.25, 0.3) is 17.7 Å². The van der Waals surface area contributed by atoms with Crippen molar-refractivity contribution in [1.82, 2.24) is 26.6 Å². The highest BCUT2D eigenvalue weighted by Crippen LogP contribution is 2.35. The fraction of sp³-hybridized carbons (Fsp3) is 0.472. The lowest BCUT2D eigenvalue weighted by Gasteiger charge is -2.29. The second-order valence-corrected chi connectivity index (χ2v) is 13.1. The first-order chi connectivity index (χ1) is 27.5. The number of alkyl carbamates (subject to hydrolysis) is 1. The SMILES string of the molecule is CC(=O)N[C@@H](CCC(=O)NCCNC(=O)OCCN1C(=O)[C@@H](NC(=O)[C@@](C)(O)C(=O)NCC(F)(F)C(F)(F)F)[C@@H](C)Oc2ccc(F)cc21)C(=O)OCc1ccccc1. The zero-order valence-corrected chi connectivity index (χ0v) is 31.8. The monoisotopic (exact) mass is 848 g/mol. The second kappa shape index (κ2) is 20.5. The molecule has 0 saturated heterocycles. The third kappa shape index (κ3) is 13.7. The first-order valence-corrected chi connectivity index (χ1v) is 17.7. The Hall–Kier alpha value is -6.13. The molecule has 0 spiro atoms. The van der Waals surface area contributed by atoms with Gasteiger partial charge in [-0.15, -0.1) is 0 Å². The first kappa shape index (κ1) is 47.2. The number of aliphatic hydroxyl groups is 1. The molecule has 6 amide bonds. The van der Waals surface area contributed by atoms with E-state index in [9.17, 15) is 65.0 Å². The summed E-state index contributed by atoms with van der Waals surface area (Å²) in [6.07, 6.45) is -8.69. The number of halogens is 6. The number of nitrogens with one attached hydrogen (secondary N) is 5. The largest absolute Gasteiger partial charge is 0.486 e. The highest BCUT2D eigenvalue weighted by atomic mass is 19.4. The van der Waals surface area contributed by atoms with Gasteiger partial charge in [0.2, 0.25) is 17.4 Å². The van der Waals surface area contributed by atoms with Crippen LogP contribution in [-0.2, 0) is 44.8 Å². The number of esters is 1. The van der Waals surface area contributed by atoms with E-state index in [1.54, 1.807) is 30.3 Å². The molecule has 23 heteroatoms. The van der Waals surface area contributed by atoms with E-state index in [1.165, 1.54) is 13.8 Å². The van der Waals surface area contributed by atoms with Crippen molar-refractivity contribution in [2.45, 2.75) is 76.1 Å². The number of rotatable bonds is 18. The molecule has 2 aromatic rings.